The maximum Gasteiger partial charge on any atom is 0.335 e. The minimum atomic E-state index is -1.13. The fourth-order valence-corrected chi connectivity index (χ4v) is 1.22. The van der Waals surface area contributed by atoms with E-state index in [2.05, 4.69) is 11.9 Å². The van der Waals surface area contributed by atoms with Crippen LogP contribution in [0.2, 0.25) is 0 Å². The molecule has 90 valence electrons. The predicted molar refractivity (Wildman–Crippen MR) is 63.1 cm³/mol. The van der Waals surface area contributed by atoms with Crippen molar-refractivity contribution in [3.8, 4) is 5.75 Å². The third-order valence-corrected chi connectivity index (χ3v) is 2.09. The predicted octanol–water partition coefficient (Wildman–Crippen LogP) is 2.00. The summed E-state index contributed by atoms with van der Waals surface area (Å²) < 4.78 is 0. The van der Waals surface area contributed by atoms with Crippen molar-refractivity contribution in [3.05, 3.63) is 36.4 Å². The van der Waals surface area contributed by atoms with E-state index in [-0.39, 0.29) is 29.3 Å². The van der Waals surface area contributed by atoms with Gasteiger partial charge in [0.05, 0.1) is 11.3 Å². The Morgan fingerprint density at radius 2 is 2.12 bits per heavy atom. The summed E-state index contributed by atoms with van der Waals surface area (Å²) in [5.74, 6) is -1.66. The van der Waals surface area contributed by atoms with Gasteiger partial charge in [-0.3, -0.25) is 4.79 Å². The van der Waals surface area contributed by atoms with Crippen molar-refractivity contribution in [2.24, 2.45) is 0 Å². The molecule has 0 fully saturated rings. The molecule has 0 unspecified atom stereocenters. The fourth-order valence-electron chi connectivity index (χ4n) is 1.22. The van der Waals surface area contributed by atoms with Gasteiger partial charge in [0.25, 0.3) is 0 Å². The molecule has 0 aliphatic rings. The van der Waals surface area contributed by atoms with Gasteiger partial charge in [-0.05, 0) is 24.6 Å². The molecule has 0 saturated carbocycles. The number of carbonyl (C=O) groups excluding carboxylic acids is 1. The van der Waals surface area contributed by atoms with Crippen molar-refractivity contribution in [2.75, 3.05) is 5.32 Å². The summed E-state index contributed by atoms with van der Waals surface area (Å²) in [6, 6.07) is 3.75. The molecule has 17 heavy (non-hydrogen) atoms. The van der Waals surface area contributed by atoms with Crippen LogP contribution < -0.4 is 5.32 Å². The van der Waals surface area contributed by atoms with Crippen molar-refractivity contribution in [2.45, 2.75) is 12.8 Å². The van der Waals surface area contributed by atoms with E-state index in [9.17, 15) is 14.7 Å². The number of benzene rings is 1. The molecule has 5 heteroatoms. The molecule has 1 aromatic carbocycles. The van der Waals surface area contributed by atoms with Crippen molar-refractivity contribution in [1.29, 1.82) is 0 Å². The van der Waals surface area contributed by atoms with E-state index >= 15 is 0 Å². The molecule has 0 radical (unpaired) electrons. The lowest BCUT2D eigenvalue weighted by Crippen LogP contribution is -2.11. The van der Waals surface area contributed by atoms with Gasteiger partial charge in [0.15, 0.2) is 0 Å². The van der Waals surface area contributed by atoms with Crippen LogP contribution in [0.4, 0.5) is 5.69 Å². The smallest absolute Gasteiger partial charge is 0.335 e. The number of aromatic hydroxyl groups is 1. The maximum atomic E-state index is 11.4. The highest BCUT2D eigenvalue weighted by molar-refractivity contribution is 5.94. The van der Waals surface area contributed by atoms with Crippen LogP contribution in [0.15, 0.2) is 30.9 Å². The summed E-state index contributed by atoms with van der Waals surface area (Å²) in [5, 5.41) is 20.7. The lowest BCUT2D eigenvalue weighted by molar-refractivity contribution is -0.116. The van der Waals surface area contributed by atoms with Gasteiger partial charge in [0, 0.05) is 6.42 Å². The first-order valence-corrected chi connectivity index (χ1v) is 5.01. The summed E-state index contributed by atoms with van der Waals surface area (Å²) in [6.45, 7) is 3.49. The van der Waals surface area contributed by atoms with E-state index in [0.29, 0.717) is 6.42 Å². The Morgan fingerprint density at radius 1 is 1.41 bits per heavy atom. The number of phenols is 1. The maximum absolute atomic E-state index is 11.4. The monoisotopic (exact) mass is 235 g/mol. The van der Waals surface area contributed by atoms with E-state index in [4.69, 9.17) is 5.11 Å². The Hall–Kier alpha value is -2.30. The standard InChI is InChI=1S/C12H13NO4/c1-2-3-4-11(15)13-9-6-5-8(12(16)17)7-10(9)14/h2,5-7,14H,1,3-4H2,(H,13,15)(H,16,17). The Morgan fingerprint density at radius 3 is 2.65 bits per heavy atom. The number of carboxylic acid groups (broad SMARTS) is 1. The fraction of sp³-hybridized carbons (Fsp3) is 0.167. The third kappa shape index (κ3) is 3.64. The van der Waals surface area contributed by atoms with Crippen molar-refractivity contribution >= 4 is 17.6 Å². The first-order valence-electron chi connectivity index (χ1n) is 5.01. The zero-order chi connectivity index (χ0) is 12.8. The molecule has 0 atom stereocenters. The zero-order valence-corrected chi connectivity index (χ0v) is 9.14. The molecule has 0 aliphatic carbocycles. The third-order valence-electron chi connectivity index (χ3n) is 2.09. The van der Waals surface area contributed by atoms with Crippen LogP contribution in [0, 0.1) is 0 Å². The lowest BCUT2D eigenvalue weighted by Gasteiger charge is -2.07. The van der Waals surface area contributed by atoms with Crippen molar-refractivity contribution in [3.63, 3.8) is 0 Å². The molecule has 0 saturated heterocycles. The highest BCUT2D eigenvalue weighted by atomic mass is 16.4. The summed E-state index contributed by atoms with van der Waals surface area (Å²) in [6.07, 6.45) is 2.43. The highest BCUT2D eigenvalue weighted by Gasteiger charge is 2.09. The zero-order valence-electron chi connectivity index (χ0n) is 9.14. The van der Waals surface area contributed by atoms with Crippen LogP contribution in [0.5, 0.6) is 5.75 Å². The minimum Gasteiger partial charge on any atom is -0.506 e. The summed E-state index contributed by atoms with van der Waals surface area (Å²) in [7, 11) is 0. The van der Waals surface area contributed by atoms with Gasteiger partial charge in [0.2, 0.25) is 5.91 Å². The summed E-state index contributed by atoms with van der Waals surface area (Å²) in [4.78, 5) is 22.0. The highest BCUT2D eigenvalue weighted by Crippen LogP contribution is 2.24. The largest absolute Gasteiger partial charge is 0.506 e. The number of amides is 1. The van der Waals surface area contributed by atoms with Crippen LogP contribution >= 0.6 is 0 Å². The Labute approximate surface area is 98.4 Å². The number of aromatic carboxylic acids is 1. The first kappa shape index (κ1) is 12.8. The quantitative estimate of drug-likeness (QED) is 0.538. The second-order valence-corrected chi connectivity index (χ2v) is 3.41. The number of phenolic OH excluding ortho intramolecular Hbond substituents is 1. The Bertz CT molecular complexity index is 454. The molecule has 0 heterocycles. The average Bonchev–Trinajstić information content (AvgIpc) is 2.28. The molecular weight excluding hydrogens is 222 g/mol. The lowest BCUT2D eigenvalue weighted by atomic mass is 10.2. The minimum absolute atomic E-state index is 0.0356. The van der Waals surface area contributed by atoms with Crippen LogP contribution in [0.1, 0.15) is 23.2 Å². The number of anilines is 1. The molecule has 3 N–H and O–H groups in total. The molecule has 0 bridgehead atoms. The number of hydrogen-bond acceptors (Lipinski definition) is 3. The first-order chi connectivity index (χ1) is 8.04. The van der Waals surface area contributed by atoms with Gasteiger partial charge < -0.3 is 15.5 Å². The van der Waals surface area contributed by atoms with E-state index in [1.165, 1.54) is 12.1 Å². The molecular formula is C12H13NO4. The van der Waals surface area contributed by atoms with Gasteiger partial charge in [0.1, 0.15) is 5.75 Å². The van der Waals surface area contributed by atoms with E-state index in [1.807, 2.05) is 0 Å². The number of carboxylic acids is 1. The van der Waals surface area contributed by atoms with Crippen LogP contribution in [-0.2, 0) is 4.79 Å². The molecule has 0 aromatic heterocycles. The van der Waals surface area contributed by atoms with Gasteiger partial charge in [-0.25, -0.2) is 4.79 Å². The number of carbonyl (C=O) groups is 2. The molecule has 1 amide bonds. The van der Waals surface area contributed by atoms with Crippen LogP contribution in [0.3, 0.4) is 0 Å². The number of hydrogen-bond donors (Lipinski definition) is 3. The van der Waals surface area contributed by atoms with Gasteiger partial charge in [-0.2, -0.15) is 0 Å². The number of allylic oxidation sites excluding steroid dienone is 1. The second-order valence-electron chi connectivity index (χ2n) is 3.41. The summed E-state index contributed by atoms with van der Waals surface area (Å²) in [5.41, 5.74) is 0.163. The summed E-state index contributed by atoms with van der Waals surface area (Å²) >= 11 is 0. The average molecular weight is 235 g/mol. The SMILES string of the molecule is C=CCCC(=O)Nc1ccc(C(=O)O)cc1O. The Kier molecular flexibility index (Phi) is 4.28. The normalized spacial score (nSPS) is 9.65. The Balaban J connectivity index is 2.75. The van der Waals surface area contributed by atoms with Gasteiger partial charge >= 0.3 is 5.97 Å². The molecule has 0 aliphatic heterocycles. The number of nitrogens with one attached hydrogen (secondary N) is 1. The van der Waals surface area contributed by atoms with Gasteiger partial charge in [-0.15, -0.1) is 6.58 Å². The van der Waals surface area contributed by atoms with Crippen molar-refractivity contribution in [1.82, 2.24) is 0 Å². The second kappa shape index (κ2) is 5.69. The molecule has 0 spiro atoms. The van der Waals surface area contributed by atoms with Gasteiger partial charge in [-0.1, -0.05) is 6.08 Å². The van der Waals surface area contributed by atoms with Crippen molar-refractivity contribution < 1.29 is 19.8 Å². The molecule has 1 rings (SSSR count). The number of rotatable bonds is 5. The van der Waals surface area contributed by atoms with E-state index in [1.54, 1.807) is 6.08 Å². The van der Waals surface area contributed by atoms with Crippen LogP contribution in [0.25, 0.3) is 0 Å². The molecule has 1 aromatic rings. The van der Waals surface area contributed by atoms with E-state index < -0.39 is 5.97 Å². The van der Waals surface area contributed by atoms with E-state index in [0.717, 1.165) is 6.07 Å². The topological polar surface area (TPSA) is 86.6 Å². The van der Waals surface area contributed by atoms with Crippen LogP contribution in [-0.4, -0.2) is 22.1 Å². The molecule has 5 nitrogen and oxygen atoms in total.